The predicted octanol–water partition coefficient (Wildman–Crippen LogP) is 1.46. The van der Waals surface area contributed by atoms with Crippen LogP contribution in [-0.2, 0) is 9.53 Å². The second-order valence-corrected chi connectivity index (χ2v) is 3.99. The van der Waals surface area contributed by atoms with Crippen molar-refractivity contribution in [2.24, 2.45) is 0 Å². The Morgan fingerprint density at radius 1 is 1.20 bits per heavy atom. The maximum atomic E-state index is 11.7. The van der Waals surface area contributed by atoms with Crippen LogP contribution in [0.2, 0.25) is 0 Å². The van der Waals surface area contributed by atoms with Crippen molar-refractivity contribution in [3.05, 3.63) is 54.4 Å². The summed E-state index contributed by atoms with van der Waals surface area (Å²) in [7, 11) is 0. The molecule has 6 heteroatoms. The van der Waals surface area contributed by atoms with Gasteiger partial charge in [0.2, 0.25) is 0 Å². The van der Waals surface area contributed by atoms with Gasteiger partial charge in [0.15, 0.2) is 6.61 Å². The molecule has 0 atom stereocenters. The number of ether oxygens (including phenoxy) is 1. The molecule has 20 heavy (non-hydrogen) atoms. The number of anilines is 2. The van der Waals surface area contributed by atoms with Crippen molar-refractivity contribution >= 4 is 23.3 Å². The molecule has 0 saturated carbocycles. The molecule has 0 aliphatic heterocycles. The number of carbonyl (C=O) groups is 2. The number of hydrogen-bond acceptors (Lipinski definition) is 5. The first-order valence-corrected chi connectivity index (χ1v) is 5.88. The van der Waals surface area contributed by atoms with Crippen LogP contribution in [0.15, 0.2) is 48.8 Å². The fraction of sp³-hybridized carbons (Fsp3) is 0.0714. The van der Waals surface area contributed by atoms with E-state index < -0.39 is 11.9 Å². The lowest BCUT2D eigenvalue weighted by Crippen LogP contribution is -2.20. The van der Waals surface area contributed by atoms with Crippen LogP contribution in [0.3, 0.4) is 0 Å². The Kier molecular flexibility index (Phi) is 4.28. The van der Waals surface area contributed by atoms with Crippen LogP contribution in [0, 0.1) is 0 Å². The largest absolute Gasteiger partial charge is 0.452 e. The summed E-state index contributed by atoms with van der Waals surface area (Å²) < 4.78 is 4.89. The van der Waals surface area contributed by atoms with E-state index in [0.29, 0.717) is 16.9 Å². The van der Waals surface area contributed by atoms with Crippen molar-refractivity contribution in [3.8, 4) is 0 Å². The molecule has 0 aliphatic rings. The lowest BCUT2D eigenvalue weighted by atomic mass is 10.2. The molecule has 0 fully saturated rings. The average Bonchev–Trinajstić information content (AvgIpc) is 2.46. The Balaban J connectivity index is 1.84. The fourth-order valence-corrected chi connectivity index (χ4v) is 1.47. The molecule has 1 heterocycles. The van der Waals surface area contributed by atoms with Crippen LogP contribution in [0.5, 0.6) is 0 Å². The van der Waals surface area contributed by atoms with Crippen molar-refractivity contribution in [3.63, 3.8) is 0 Å². The van der Waals surface area contributed by atoms with Crippen LogP contribution < -0.4 is 11.1 Å². The number of pyridine rings is 1. The highest BCUT2D eigenvalue weighted by Crippen LogP contribution is 2.07. The maximum Gasteiger partial charge on any atom is 0.338 e. The second kappa shape index (κ2) is 6.33. The number of nitrogens with zero attached hydrogens (tertiary/aromatic N) is 1. The Morgan fingerprint density at radius 2 is 1.95 bits per heavy atom. The topological polar surface area (TPSA) is 94.3 Å². The van der Waals surface area contributed by atoms with E-state index in [4.69, 9.17) is 10.5 Å². The summed E-state index contributed by atoms with van der Waals surface area (Å²) in [6.07, 6.45) is 3.09. The first kappa shape index (κ1) is 13.5. The normalized spacial score (nSPS) is 9.80. The molecule has 0 unspecified atom stereocenters. The van der Waals surface area contributed by atoms with Crippen LogP contribution in [0.1, 0.15) is 10.4 Å². The Labute approximate surface area is 115 Å². The van der Waals surface area contributed by atoms with Gasteiger partial charge in [-0.3, -0.25) is 9.78 Å². The first-order chi connectivity index (χ1) is 9.65. The predicted molar refractivity (Wildman–Crippen MR) is 74.0 cm³/mol. The lowest BCUT2D eigenvalue weighted by Gasteiger charge is -2.06. The molecule has 2 rings (SSSR count). The van der Waals surface area contributed by atoms with Gasteiger partial charge in [-0.2, -0.15) is 0 Å². The fourth-order valence-electron chi connectivity index (χ4n) is 1.47. The van der Waals surface area contributed by atoms with E-state index in [9.17, 15) is 9.59 Å². The van der Waals surface area contributed by atoms with Gasteiger partial charge < -0.3 is 15.8 Å². The van der Waals surface area contributed by atoms with Crippen molar-refractivity contribution in [2.45, 2.75) is 0 Å². The molecule has 6 nitrogen and oxygen atoms in total. The summed E-state index contributed by atoms with van der Waals surface area (Å²) in [5.74, 6) is -1.01. The molecule has 3 N–H and O–H groups in total. The number of hydrogen-bond donors (Lipinski definition) is 2. The van der Waals surface area contributed by atoms with Crippen LogP contribution in [0.4, 0.5) is 11.4 Å². The van der Waals surface area contributed by atoms with Crippen molar-refractivity contribution in [1.29, 1.82) is 0 Å². The SMILES string of the molecule is Nc1ccc(C(=O)OCC(=O)Nc2cccnc2)cc1. The Bertz CT molecular complexity index is 597. The van der Waals surface area contributed by atoms with E-state index in [0.717, 1.165) is 0 Å². The Morgan fingerprint density at radius 3 is 2.60 bits per heavy atom. The maximum absolute atomic E-state index is 11.7. The summed E-state index contributed by atoms with van der Waals surface area (Å²) in [6.45, 7) is -0.363. The monoisotopic (exact) mass is 271 g/mol. The highest BCUT2D eigenvalue weighted by molar-refractivity contribution is 5.95. The third-order valence-corrected chi connectivity index (χ3v) is 2.43. The lowest BCUT2D eigenvalue weighted by molar-refractivity contribution is -0.119. The number of aromatic nitrogens is 1. The Hall–Kier alpha value is -2.89. The highest BCUT2D eigenvalue weighted by Gasteiger charge is 2.10. The summed E-state index contributed by atoms with van der Waals surface area (Å²) >= 11 is 0. The third-order valence-electron chi connectivity index (χ3n) is 2.43. The number of nitrogen functional groups attached to an aromatic ring is 1. The van der Waals surface area contributed by atoms with Gasteiger partial charge in [-0.1, -0.05) is 0 Å². The quantitative estimate of drug-likeness (QED) is 0.648. The van der Waals surface area contributed by atoms with Gasteiger partial charge in [-0.15, -0.1) is 0 Å². The van der Waals surface area contributed by atoms with Gasteiger partial charge >= 0.3 is 5.97 Å². The molecule has 0 spiro atoms. The number of carbonyl (C=O) groups excluding carboxylic acids is 2. The van der Waals surface area contributed by atoms with Gasteiger partial charge in [0.25, 0.3) is 5.91 Å². The number of benzene rings is 1. The van der Waals surface area contributed by atoms with Gasteiger partial charge in [0, 0.05) is 11.9 Å². The van der Waals surface area contributed by atoms with E-state index in [1.807, 2.05) is 0 Å². The zero-order valence-corrected chi connectivity index (χ0v) is 10.6. The van der Waals surface area contributed by atoms with E-state index in [-0.39, 0.29) is 6.61 Å². The van der Waals surface area contributed by atoms with E-state index in [1.54, 1.807) is 30.5 Å². The van der Waals surface area contributed by atoms with Crippen molar-refractivity contribution in [1.82, 2.24) is 4.98 Å². The number of rotatable bonds is 4. The average molecular weight is 271 g/mol. The smallest absolute Gasteiger partial charge is 0.338 e. The molecule has 0 bridgehead atoms. The minimum atomic E-state index is -0.577. The molecular formula is C14H13N3O3. The number of nitrogens with two attached hydrogens (primary N) is 1. The third kappa shape index (κ3) is 3.81. The molecule has 0 aliphatic carbocycles. The van der Waals surface area contributed by atoms with Crippen molar-refractivity contribution in [2.75, 3.05) is 17.7 Å². The van der Waals surface area contributed by atoms with Crippen LogP contribution >= 0.6 is 0 Å². The summed E-state index contributed by atoms with van der Waals surface area (Å²) in [5.41, 5.74) is 6.95. The summed E-state index contributed by atoms with van der Waals surface area (Å²) in [5, 5.41) is 2.56. The molecular weight excluding hydrogens is 258 g/mol. The molecule has 2 aromatic rings. The minimum Gasteiger partial charge on any atom is -0.452 e. The molecule has 0 saturated heterocycles. The number of esters is 1. The van der Waals surface area contributed by atoms with Gasteiger partial charge in [0.1, 0.15) is 0 Å². The standard InChI is InChI=1S/C14H13N3O3/c15-11-5-3-10(4-6-11)14(19)20-9-13(18)17-12-2-1-7-16-8-12/h1-8H,9,15H2,(H,17,18). The molecule has 1 aromatic heterocycles. The number of nitrogens with one attached hydrogen (secondary N) is 1. The van der Waals surface area contributed by atoms with E-state index in [2.05, 4.69) is 10.3 Å². The second-order valence-electron chi connectivity index (χ2n) is 3.99. The van der Waals surface area contributed by atoms with Crippen LogP contribution in [-0.4, -0.2) is 23.5 Å². The van der Waals surface area contributed by atoms with E-state index in [1.165, 1.54) is 18.3 Å². The van der Waals surface area contributed by atoms with Gasteiger partial charge in [-0.05, 0) is 36.4 Å². The zero-order chi connectivity index (χ0) is 14.4. The van der Waals surface area contributed by atoms with E-state index >= 15 is 0 Å². The van der Waals surface area contributed by atoms with Crippen LogP contribution in [0.25, 0.3) is 0 Å². The summed E-state index contributed by atoms with van der Waals surface area (Å²) in [4.78, 5) is 27.1. The number of amides is 1. The summed E-state index contributed by atoms with van der Waals surface area (Å²) in [6, 6.07) is 9.63. The molecule has 1 amide bonds. The van der Waals surface area contributed by atoms with Gasteiger partial charge in [-0.25, -0.2) is 4.79 Å². The van der Waals surface area contributed by atoms with Gasteiger partial charge in [0.05, 0.1) is 17.4 Å². The highest BCUT2D eigenvalue weighted by atomic mass is 16.5. The molecule has 1 aromatic carbocycles. The molecule has 0 radical (unpaired) electrons. The molecule has 102 valence electrons. The van der Waals surface area contributed by atoms with Crippen molar-refractivity contribution < 1.29 is 14.3 Å². The minimum absolute atomic E-state index is 0.341. The first-order valence-electron chi connectivity index (χ1n) is 5.88. The zero-order valence-electron chi connectivity index (χ0n) is 10.6.